The molecule has 3 heterocycles. The van der Waals surface area contributed by atoms with Crippen LogP contribution in [0.2, 0.25) is 10.0 Å². The highest BCUT2D eigenvalue weighted by atomic mass is 35.5. The van der Waals surface area contributed by atoms with Crippen molar-refractivity contribution in [3.05, 3.63) is 74.5 Å². The predicted molar refractivity (Wildman–Crippen MR) is 130 cm³/mol. The van der Waals surface area contributed by atoms with Crippen LogP contribution in [-0.4, -0.2) is 36.0 Å². The van der Waals surface area contributed by atoms with Gasteiger partial charge in [-0.3, -0.25) is 9.36 Å². The zero-order valence-electron chi connectivity index (χ0n) is 17.4. The van der Waals surface area contributed by atoms with Gasteiger partial charge in [-0.05, 0) is 30.7 Å². The molecule has 11 heteroatoms. The normalized spacial score (nSPS) is 11.4. The lowest BCUT2D eigenvalue weighted by Crippen LogP contribution is -2.26. The summed E-state index contributed by atoms with van der Waals surface area (Å²) in [7, 11) is 0. The van der Waals surface area contributed by atoms with Gasteiger partial charge < -0.3 is 16.0 Å². The van der Waals surface area contributed by atoms with E-state index in [-0.39, 0.29) is 11.5 Å². The summed E-state index contributed by atoms with van der Waals surface area (Å²) in [6.07, 6.45) is 1.89. The highest BCUT2D eigenvalue weighted by Gasteiger charge is 2.18. The molecule has 0 radical (unpaired) electrons. The second kappa shape index (κ2) is 8.34. The molecule has 4 N–H and O–H groups in total. The number of hydrogen-bond donors (Lipinski definition) is 3. The number of nitrogens with zero attached hydrogens (tertiary/aromatic N) is 5. The van der Waals surface area contributed by atoms with Crippen LogP contribution in [0.3, 0.4) is 0 Å². The summed E-state index contributed by atoms with van der Waals surface area (Å²) in [5.74, 6) is 1.11. The van der Waals surface area contributed by atoms with Gasteiger partial charge in [-0.25, -0.2) is 9.97 Å². The topological polar surface area (TPSA) is 127 Å². The van der Waals surface area contributed by atoms with Gasteiger partial charge in [0.05, 0.1) is 33.0 Å². The van der Waals surface area contributed by atoms with E-state index in [0.717, 1.165) is 5.56 Å². The lowest BCUT2D eigenvalue weighted by molar-refractivity contribution is 0.809. The monoisotopic (exact) mass is 480 g/mol. The molecule has 0 aliphatic heterocycles. The number of hydrogen-bond acceptors (Lipinski definition) is 7. The number of imidazole rings is 1. The molecule has 0 atom stereocenters. The van der Waals surface area contributed by atoms with Crippen LogP contribution in [-0.2, 0) is 6.42 Å². The molecule has 0 aliphatic carbocycles. The quantitative estimate of drug-likeness (QED) is 0.347. The zero-order chi connectivity index (χ0) is 23.1. The second-order valence-electron chi connectivity index (χ2n) is 7.41. The number of aromatic amines is 1. The van der Waals surface area contributed by atoms with Crippen molar-refractivity contribution in [2.75, 3.05) is 17.6 Å². The molecule has 0 fully saturated rings. The molecule has 2 aromatic carbocycles. The first-order valence-electron chi connectivity index (χ1n) is 10.1. The molecular weight excluding hydrogens is 463 g/mol. The minimum absolute atomic E-state index is 0.119. The highest BCUT2D eigenvalue weighted by molar-refractivity contribution is 6.37. The van der Waals surface area contributed by atoms with E-state index in [2.05, 4.69) is 25.3 Å². The molecule has 0 unspecified atom stereocenters. The Balaban J connectivity index is 1.60. The van der Waals surface area contributed by atoms with Crippen molar-refractivity contribution in [3.63, 3.8) is 0 Å². The number of anilines is 2. The van der Waals surface area contributed by atoms with Crippen LogP contribution < -0.4 is 16.6 Å². The Morgan fingerprint density at radius 2 is 1.85 bits per heavy atom. The summed E-state index contributed by atoms with van der Waals surface area (Å²) < 4.78 is 1.49. The average molecular weight is 481 g/mol. The molecule has 9 nitrogen and oxygen atoms in total. The molecule has 33 heavy (non-hydrogen) atoms. The Morgan fingerprint density at radius 1 is 1.09 bits per heavy atom. The summed E-state index contributed by atoms with van der Waals surface area (Å²) in [4.78, 5) is 33.9. The third-order valence-electron chi connectivity index (χ3n) is 5.27. The Kier molecular flexibility index (Phi) is 5.35. The molecule has 0 saturated heterocycles. The van der Waals surface area contributed by atoms with Crippen molar-refractivity contribution in [2.45, 2.75) is 13.3 Å². The Labute approximate surface area is 197 Å². The molecule has 5 rings (SSSR count). The first kappa shape index (κ1) is 21.2. The van der Waals surface area contributed by atoms with Gasteiger partial charge in [-0.1, -0.05) is 41.4 Å². The minimum Gasteiger partial charge on any atom is -0.368 e. The van der Waals surface area contributed by atoms with Gasteiger partial charge >= 0.3 is 0 Å². The molecule has 166 valence electrons. The smallest absolute Gasteiger partial charge is 0.266 e. The molecule has 0 amide bonds. The third-order valence-corrected chi connectivity index (χ3v) is 5.88. The predicted octanol–water partition coefficient (Wildman–Crippen LogP) is 3.90. The van der Waals surface area contributed by atoms with Crippen molar-refractivity contribution < 1.29 is 0 Å². The molecule has 0 saturated carbocycles. The van der Waals surface area contributed by atoms with E-state index in [1.807, 2.05) is 25.1 Å². The fraction of sp³-hybridized carbons (Fsp3) is 0.136. The maximum absolute atomic E-state index is 13.6. The number of nitrogen functional groups attached to an aromatic ring is 1. The van der Waals surface area contributed by atoms with Gasteiger partial charge in [-0.2, -0.15) is 9.97 Å². The maximum atomic E-state index is 13.6. The molecule has 0 spiro atoms. The van der Waals surface area contributed by atoms with E-state index in [0.29, 0.717) is 62.4 Å². The lowest BCUT2D eigenvalue weighted by Gasteiger charge is -2.17. The van der Waals surface area contributed by atoms with Crippen LogP contribution in [0.25, 0.3) is 27.8 Å². The van der Waals surface area contributed by atoms with Crippen LogP contribution in [0, 0.1) is 6.92 Å². The fourth-order valence-electron chi connectivity index (χ4n) is 3.81. The summed E-state index contributed by atoms with van der Waals surface area (Å²) in [6, 6.07) is 10.7. The van der Waals surface area contributed by atoms with Gasteiger partial charge in [0.15, 0.2) is 11.5 Å². The van der Waals surface area contributed by atoms with E-state index >= 15 is 0 Å². The van der Waals surface area contributed by atoms with Crippen LogP contribution in [0.5, 0.6) is 0 Å². The number of para-hydroxylation sites is 1. The van der Waals surface area contributed by atoms with Crippen molar-refractivity contribution >= 4 is 57.0 Å². The van der Waals surface area contributed by atoms with Gasteiger partial charge in [0.25, 0.3) is 5.56 Å². The number of nitrogens with one attached hydrogen (secondary N) is 2. The molecule has 3 aromatic heterocycles. The average Bonchev–Trinajstić information content (AvgIpc) is 3.24. The molecule has 0 aliphatic rings. The van der Waals surface area contributed by atoms with Crippen LogP contribution in [0.15, 0.2) is 47.5 Å². The van der Waals surface area contributed by atoms with Gasteiger partial charge in [0.2, 0.25) is 5.95 Å². The largest absolute Gasteiger partial charge is 0.368 e. The van der Waals surface area contributed by atoms with E-state index in [1.165, 1.54) is 10.9 Å². The summed E-state index contributed by atoms with van der Waals surface area (Å²) >= 11 is 12.9. The van der Waals surface area contributed by atoms with Crippen LogP contribution >= 0.6 is 23.2 Å². The number of fused-ring (bicyclic) bond motifs is 2. The summed E-state index contributed by atoms with van der Waals surface area (Å²) in [5.41, 5.74) is 8.50. The number of nitrogens with two attached hydrogens (primary N) is 1. The van der Waals surface area contributed by atoms with Crippen molar-refractivity contribution in [2.24, 2.45) is 0 Å². The Bertz CT molecular complexity index is 1560. The number of halogens is 2. The fourth-order valence-corrected chi connectivity index (χ4v) is 4.38. The number of aryl methyl sites for hydroxylation is 1. The van der Waals surface area contributed by atoms with Crippen molar-refractivity contribution in [1.82, 2.24) is 29.5 Å². The van der Waals surface area contributed by atoms with Crippen molar-refractivity contribution in [1.29, 1.82) is 0 Å². The maximum Gasteiger partial charge on any atom is 0.266 e. The van der Waals surface area contributed by atoms with Gasteiger partial charge in [0.1, 0.15) is 11.3 Å². The minimum atomic E-state index is -0.232. The number of benzene rings is 2. The number of H-pyrrole nitrogens is 1. The van der Waals surface area contributed by atoms with Crippen LogP contribution in [0.4, 0.5) is 11.8 Å². The van der Waals surface area contributed by atoms with E-state index in [4.69, 9.17) is 33.9 Å². The summed E-state index contributed by atoms with van der Waals surface area (Å²) in [6.45, 7) is 2.27. The molecule has 0 bridgehead atoms. The first-order valence-corrected chi connectivity index (χ1v) is 10.9. The standard InChI is InChI=1S/C22H18Cl2N8O/c1-11-4-2-7-14-16(11)21(33)32(18-12(23)5-3-6-13(18)24)15(29-14)8-9-26-19-17-20(28-10-27-17)31-22(25)30-19/h2-7,10H,8-9H2,1H3,(H4,25,26,27,28,30,31). The van der Waals surface area contributed by atoms with E-state index < -0.39 is 0 Å². The zero-order valence-corrected chi connectivity index (χ0v) is 18.9. The third kappa shape index (κ3) is 3.75. The Morgan fingerprint density at radius 3 is 2.64 bits per heavy atom. The first-order chi connectivity index (χ1) is 15.9. The number of aromatic nitrogens is 6. The van der Waals surface area contributed by atoms with E-state index in [1.54, 1.807) is 18.2 Å². The van der Waals surface area contributed by atoms with E-state index in [9.17, 15) is 4.79 Å². The molecular formula is C22H18Cl2N8O. The van der Waals surface area contributed by atoms with Crippen molar-refractivity contribution in [3.8, 4) is 5.69 Å². The summed E-state index contributed by atoms with van der Waals surface area (Å²) in [5, 5.41) is 4.45. The Hall–Kier alpha value is -3.69. The SMILES string of the molecule is Cc1cccc2nc(CCNc3nc(N)nc4[nH]cnc34)n(-c3c(Cl)cccc3Cl)c(=O)c12. The van der Waals surface area contributed by atoms with Gasteiger partial charge in [-0.15, -0.1) is 0 Å². The second-order valence-corrected chi connectivity index (χ2v) is 8.23. The molecule has 5 aromatic rings. The highest BCUT2D eigenvalue weighted by Crippen LogP contribution is 2.29. The van der Waals surface area contributed by atoms with Crippen LogP contribution in [0.1, 0.15) is 11.4 Å². The number of rotatable bonds is 5. The lowest BCUT2D eigenvalue weighted by atomic mass is 10.1. The van der Waals surface area contributed by atoms with Gasteiger partial charge in [0, 0.05) is 13.0 Å².